The molecule has 13 heteroatoms. The van der Waals surface area contributed by atoms with Crippen molar-refractivity contribution in [1.29, 1.82) is 0 Å². The Morgan fingerprint density at radius 3 is 2.15 bits per heavy atom. The van der Waals surface area contributed by atoms with Gasteiger partial charge in [-0.25, -0.2) is 0 Å². The summed E-state index contributed by atoms with van der Waals surface area (Å²) in [6.45, 7) is -0.695. The molecule has 0 aromatic heterocycles. The van der Waals surface area contributed by atoms with Gasteiger partial charge in [0.2, 0.25) is 0 Å². The highest BCUT2D eigenvalue weighted by atomic mass is 31.1. The summed E-state index contributed by atoms with van der Waals surface area (Å²) >= 11 is 0. The minimum Gasteiger partial charge on any atom is -0.388 e. The molecule has 1 aliphatic rings. The molecule has 1 rings (SSSR count). The van der Waals surface area contributed by atoms with E-state index in [0.29, 0.717) is 0 Å². The smallest absolute Gasteiger partial charge is 0.318 e. The summed E-state index contributed by atoms with van der Waals surface area (Å²) in [5.41, 5.74) is 0. The van der Waals surface area contributed by atoms with Gasteiger partial charge in [-0.05, 0) is 0 Å². The Bertz CT molecular complexity index is 365. The molecule has 6 N–H and O–H groups in total. The lowest BCUT2D eigenvalue weighted by atomic mass is 9.96. The summed E-state index contributed by atoms with van der Waals surface area (Å²) in [6, 6.07) is 0. The number of hydrogen-bond donors (Lipinski definition) is 6. The minimum atomic E-state index is -3.51. The molecule has 120 valence electrons. The number of aliphatic hydroxyl groups is 4. The third kappa shape index (κ3) is 4.83. The molecule has 0 aliphatic carbocycles. The molecule has 0 bridgehead atoms. The van der Waals surface area contributed by atoms with Gasteiger partial charge in [0.25, 0.3) is 0 Å². The van der Waals surface area contributed by atoms with E-state index < -0.39 is 59.9 Å². The Morgan fingerprint density at radius 2 is 1.65 bits per heavy atom. The van der Waals surface area contributed by atoms with E-state index >= 15 is 0 Å². The zero-order chi connectivity index (χ0) is 15.4. The Labute approximate surface area is 114 Å². The van der Waals surface area contributed by atoms with Crippen LogP contribution in [0.5, 0.6) is 0 Å². The van der Waals surface area contributed by atoms with E-state index in [0.717, 1.165) is 0 Å². The van der Waals surface area contributed by atoms with Gasteiger partial charge >= 0.3 is 16.5 Å². The fourth-order valence-corrected chi connectivity index (χ4v) is 2.35. The monoisotopic (exact) mass is 338 g/mol. The van der Waals surface area contributed by atoms with Crippen LogP contribution in [0.1, 0.15) is 0 Å². The molecule has 0 radical (unpaired) electrons. The maximum Gasteiger partial charge on any atom is 0.318 e. The zero-order valence-electron chi connectivity index (χ0n) is 9.90. The Morgan fingerprint density at radius 1 is 1.05 bits per heavy atom. The van der Waals surface area contributed by atoms with Crippen LogP contribution in [0.25, 0.3) is 0 Å². The van der Waals surface area contributed by atoms with E-state index in [2.05, 4.69) is 9.05 Å². The molecule has 0 amide bonds. The summed E-state index contributed by atoms with van der Waals surface area (Å²) in [7, 11) is -6.82. The minimum absolute atomic E-state index is 0.695. The van der Waals surface area contributed by atoms with Crippen LogP contribution in [-0.4, -0.2) is 73.6 Å². The molecule has 0 spiro atoms. The lowest BCUT2D eigenvalue weighted by molar-refractivity contribution is -0.289. The van der Waals surface area contributed by atoms with Crippen molar-refractivity contribution < 1.29 is 53.1 Å². The first-order valence-electron chi connectivity index (χ1n) is 5.37. The van der Waals surface area contributed by atoms with Gasteiger partial charge in [0.1, 0.15) is 30.5 Å². The summed E-state index contributed by atoms with van der Waals surface area (Å²) in [5, 5.41) is 38.3. The fraction of sp³-hybridized carbons (Fsp3) is 1.00. The van der Waals surface area contributed by atoms with Crippen LogP contribution in [0.3, 0.4) is 0 Å². The van der Waals surface area contributed by atoms with Crippen molar-refractivity contribution >= 4 is 16.5 Å². The molecular weight excluding hydrogens is 322 g/mol. The molecule has 11 nitrogen and oxygen atoms in total. The number of ether oxygens (including phenoxy) is 1. The van der Waals surface area contributed by atoms with Crippen LogP contribution in [0.4, 0.5) is 0 Å². The van der Waals surface area contributed by atoms with Gasteiger partial charge in [0.15, 0.2) is 6.29 Å². The second-order valence-electron chi connectivity index (χ2n) is 3.97. The maximum absolute atomic E-state index is 10.6. The molecule has 8 atom stereocenters. The summed E-state index contributed by atoms with van der Waals surface area (Å²) in [6.07, 6.45) is -10.3. The van der Waals surface area contributed by atoms with Gasteiger partial charge < -0.3 is 39.5 Å². The maximum atomic E-state index is 10.6. The van der Waals surface area contributed by atoms with Crippen LogP contribution < -0.4 is 0 Å². The molecule has 0 saturated carbocycles. The molecule has 0 aromatic carbocycles. The summed E-state index contributed by atoms with van der Waals surface area (Å²) in [4.78, 5) is 17.1. The molecule has 1 aliphatic heterocycles. The van der Waals surface area contributed by atoms with Crippen LogP contribution in [0, 0.1) is 0 Å². The van der Waals surface area contributed by atoms with Crippen molar-refractivity contribution in [3.05, 3.63) is 0 Å². The standard InChI is InChI=1S/C7H16O11P2/c8-2(1-16-19(12)13)6-4(10)3(9)5(11)7(17-6)18-20(14)15/h2-11,19-20H,1H2,(H,12,13)(H,14,15)/t2-,3+,4+,5?,6?,7-/m1/s1. The molecular formula is C7H16O11P2. The normalized spacial score (nSPS) is 39.2. The Balaban J connectivity index is 2.73. The summed E-state index contributed by atoms with van der Waals surface area (Å²) in [5.74, 6) is 0. The van der Waals surface area contributed by atoms with Crippen LogP contribution >= 0.6 is 16.5 Å². The predicted octanol–water partition coefficient (Wildman–Crippen LogP) is -3.05. The first-order chi connectivity index (χ1) is 9.23. The fourth-order valence-electron chi connectivity index (χ4n) is 1.64. The highest BCUT2D eigenvalue weighted by Gasteiger charge is 2.47. The van der Waals surface area contributed by atoms with E-state index in [1.807, 2.05) is 0 Å². The molecule has 0 aromatic rings. The van der Waals surface area contributed by atoms with Crippen molar-refractivity contribution in [3.63, 3.8) is 0 Å². The van der Waals surface area contributed by atoms with Crippen LogP contribution in [0.15, 0.2) is 0 Å². The first-order valence-corrected chi connectivity index (χ1v) is 7.89. The average Bonchev–Trinajstić information content (AvgIpc) is 2.36. The quantitative estimate of drug-likeness (QED) is 0.270. The number of rotatable bonds is 6. The topological polar surface area (TPSA) is 183 Å². The van der Waals surface area contributed by atoms with E-state index in [9.17, 15) is 29.6 Å². The van der Waals surface area contributed by atoms with Crippen LogP contribution in [-0.2, 0) is 22.9 Å². The molecule has 1 fully saturated rings. The second kappa shape index (κ2) is 7.92. The highest BCUT2D eigenvalue weighted by molar-refractivity contribution is 7.32. The van der Waals surface area contributed by atoms with E-state index in [1.165, 1.54) is 0 Å². The molecule has 1 saturated heterocycles. The van der Waals surface area contributed by atoms with Gasteiger partial charge in [-0.15, -0.1) is 0 Å². The third-order valence-corrected chi connectivity index (χ3v) is 3.43. The second-order valence-corrected chi connectivity index (χ2v) is 5.56. The van der Waals surface area contributed by atoms with Crippen molar-refractivity contribution in [2.24, 2.45) is 0 Å². The van der Waals surface area contributed by atoms with Crippen molar-refractivity contribution in [2.75, 3.05) is 6.61 Å². The Kier molecular flexibility index (Phi) is 7.19. The molecule has 4 unspecified atom stereocenters. The van der Waals surface area contributed by atoms with Crippen molar-refractivity contribution in [1.82, 2.24) is 0 Å². The largest absolute Gasteiger partial charge is 0.388 e. The third-order valence-electron chi connectivity index (χ3n) is 2.58. The average molecular weight is 338 g/mol. The van der Waals surface area contributed by atoms with Crippen LogP contribution in [0.2, 0.25) is 0 Å². The van der Waals surface area contributed by atoms with Gasteiger partial charge in [0, 0.05) is 0 Å². The van der Waals surface area contributed by atoms with Gasteiger partial charge in [0.05, 0.1) is 6.61 Å². The van der Waals surface area contributed by atoms with Gasteiger partial charge in [-0.1, -0.05) is 0 Å². The van der Waals surface area contributed by atoms with E-state index in [1.54, 1.807) is 0 Å². The van der Waals surface area contributed by atoms with E-state index in [-0.39, 0.29) is 0 Å². The molecule has 20 heavy (non-hydrogen) atoms. The summed E-state index contributed by atoms with van der Waals surface area (Å²) < 4.78 is 34.4. The first kappa shape index (κ1) is 18.1. The van der Waals surface area contributed by atoms with Gasteiger partial charge in [-0.3, -0.25) is 13.7 Å². The van der Waals surface area contributed by atoms with E-state index in [4.69, 9.17) is 14.5 Å². The highest BCUT2D eigenvalue weighted by Crippen LogP contribution is 2.30. The predicted molar refractivity (Wildman–Crippen MR) is 62.2 cm³/mol. The SMILES string of the molecule is O=[PH](O)OC[C@@H](O)C1O[C@H](O[PH](=O)O)C(O)[C@@H](O)[C@@H]1O. The zero-order valence-corrected chi connectivity index (χ0v) is 11.9. The van der Waals surface area contributed by atoms with Crippen molar-refractivity contribution in [3.8, 4) is 0 Å². The molecule has 1 heterocycles. The Hall–Kier alpha value is 0.1000. The van der Waals surface area contributed by atoms with Crippen molar-refractivity contribution in [2.45, 2.75) is 36.8 Å². The lowest BCUT2D eigenvalue weighted by Gasteiger charge is -2.41. The lowest BCUT2D eigenvalue weighted by Crippen LogP contribution is -2.61. The number of aliphatic hydroxyl groups excluding tert-OH is 4. The van der Waals surface area contributed by atoms with Gasteiger partial charge in [-0.2, -0.15) is 0 Å². The number of hydrogen-bond acceptors (Lipinski definition) is 9.